The summed E-state index contributed by atoms with van der Waals surface area (Å²) in [4.78, 5) is 14.4. The first-order chi connectivity index (χ1) is 9.76. The highest BCUT2D eigenvalue weighted by Crippen LogP contribution is 2.59. The lowest BCUT2D eigenvalue weighted by Crippen LogP contribution is -2.51. The van der Waals surface area contributed by atoms with Crippen LogP contribution in [0.5, 0.6) is 0 Å². The third-order valence-corrected chi connectivity index (χ3v) is 5.31. The van der Waals surface area contributed by atoms with Crippen molar-refractivity contribution in [3.05, 3.63) is 35.8 Å². The van der Waals surface area contributed by atoms with E-state index in [0.29, 0.717) is 5.56 Å². The van der Waals surface area contributed by atoms with Crippen molar-refractivity contribution < 1.29 is 13.6 Å². The molecule has 1 aromatic rings. The molecule has 115 valence electrons. The maximum absolute atomic E-state index is 13.9. The van der Waals surface area contributed by atoms with Gasteiger partial charge in [-0.1, -0.05) is 31.5 Å². The van der Waals surface area contributed by atoms with Crippen LogP contribution in [0.2, 0.25) is 0 Å². The zero-order valence-corrected chi connectivity index (χ0v) is 13.3. The minimum Gasteiger partial charge on any atom is -0.314 e. The molecule has 2 rings (SSSR count). The zero-order valence-electron chi connectivity index (χ0n) is 13.3. The number of fused-ring (bicyclic) bond motifs is 1. The Balaban J connectivity index is 2.77. The van der Waals surface area contributed by atoms with Gasteiger partial charge in [0.1, 0.15) is 0 Å². The average Bonchev–Trinajstić information content (AvgIpc) is 2.63. The Hall–Kier alpha value is -1.45. The van der Waals surface area contributed by atoms with Gasteiger partial charge in [0.05, 0.1) is 10.8 Å². The number of benzene rings is 1. The van der Waals surface area contributed by atoms with Gasteiger partial charge in [-0.05, 0) is 38.3 Å². The highest BCUT2D eigenvalue weighted by molar-refractivity contribution is 6.08. The molecule has 0 aromatic heterocycles. The monoisotopic (exact) mass is 294 g/mol. The summed E-state index contributed by atoms with van der Waals surface area (Å²) in [6.07, 6.45) is -1.18. The van der Waals surface area contributed by atoms with Gasteiger partial charge >= 0.3 is 6.43 Å². The second kappa shape index (κ2) is 5.08. The quantitative estimate of drug-likeness (QED) is 0.802. The molecule has 0 spiro atoms. The van der Waals surface area contributed by atoms with Crippen molar-refractivity contribution in [2.24, 2.45) is 5.41 Å². The predicted molar refractivity (Wildman–Crippen MR) is 80.4 cm³/mol. The summed E-state index contributed by atoms with van der Waals surface area (Å²) >= 11 is 0. The third-order valence-electron chi connectivity index (χ3n) is 5.31. The van der Waals surface area contributed by atoms with Crippen LogP contribution in [0, 0.1) is 18.8 Å². The zero-order chi connectivity index (χ0) is 16.0. The molecule has 0 fully saturated rings. The van der Waals surface area contributed by atoms with Crippen LogP contribution in [0.25, 0.3) is 0 Å². The summed E-state index contributed by atoms with van der Waals surface area (Å²) in [6, 6.07) is 5.63. The van der Waals surface area contributed by atoms with Crippen molar-refractivity contribution in [2.45, 2.75) is 46.0 Å². The molecule has 1 atom stereocenters. The van der Waals surface area contributed by atoms with Crippen LogP contribution in [0.1, 0.15) is 44.7 Å². The fourth-order valence-electron chi connectivity index (χ4n) is 3.78. The second-order valence-corrected chi connectivity index (χ2v) is 6.06. The maximum atomic E-state index is 13.9. The summed E-state index contributed by atoms with van der Waals surface area (Å²) in [5.41, 5.74) is -0.210. The van der Waals surface area contributed by atoms with Crippen molar-refractivity contribution in [1.29, 1.82) is 0 Å². The van der Waals surface area contributed by atoms with Crippen molar-refractivity contribution in [2.75, 3.05) is 11.9 Å². The number of rotatable bonds is 4. The molecule has 1 aliphatic rings. The van der Waals surface area contributed by atoms with Crippen LogP contribution in [0.4, 0.5) is 14.5 Å². The Morgan fingerprint density at radius 2 is 1.86 bits per heavy atom. The molecule has 1 unspecified atom stereocenters. The molecule has 0 bridgehead atoms. The van der Waals surface area contributed by atoms with Crippen LogP contribution < -0.4 is 4.90 Å². The molecule has 0 saturated heterocycles. The van der Waals surface area contributed by atoms with E-state index in [1.807, 2.05) is 25.1 Å². The Morgan fingerprint density at radius 1 is 1.29 bits per heavy atom. The number of anilines is 1. The third kappa shape index (κ3) is 1.84. The van der Waals surface area contributed by atoms with E-state index in [9.17, 15) is 13.6 Å². The molecule has 4 heteroatoms. The average molecular weight is 294 g/mol. The lowest BCUT2D eigenvalue weighted by Gasteiger charge is -2.43. The molecule has 1 aliphatic heterocycles. The minimum absolute atomic E-state index is 0.231. The van der Waals surface area contributed by atoms with Gasteiger partial charge < -0.3 is 4.90 Å². The molecule has 0 aliphatic carbocycles. The van der Waals surface area contributed by atoms with E-state index < -0.39 is 17.3 Å². The molecule has 1 amide bonds. The van der Waals surface area contributed by atoms with Gasteiger partial charge in [-0.15, -0.1) is 0 Å². The van der Waals surface area contributed by atoms with E-state index in [4.69, 9.17) is 0 Å². The smallest absolute Gasteiger partial charge is 0.314 e. The fourth-order valence-corrected chi connectivity index (χ4v) is 3.78. The number of carbonyl (C=O) groups is 1. The standard InChI is InChI=1S/C17H22F2NO/c1-6-17(7-2,14(18)19)16(4)12-10-11(3)8-9-13(12)20(5)15(16)21/h8-10H,6-7H2,1-5H3. The number of hydrogen-bond acceptors (Lipinski definition) is 1. The van der Waals surface area contributed by atoms with Crippen molar-refractivity contribution in [3.8, 4) is 0 Å². The molecule has 1 radical (unpaired) electrons. The molecule has 1 aromatic carbocycles. The van der Waals surface area contributed by atoms with Gasteiger partial charge in [0.15, 0.2) is 0 Å². The predicted octanol–water partition coefficient (Wildman–Crippen LogP) is 4.46. The second-order valence-electron chi connectivity index (χ2n) is 6.06. The van der Waals surface area contributed by atoms with Crippen molar-refractivity contribution in [3.63, 3.8) is 0 Å². The first-order valence-corrected chi connectivity index (χ1v) is 7.34. The van der Waals surface area contributed by atoms with Crippen LogP contribution in [-0.2, 0) is 10.2 Å². The summed E-state index contributed by atoms with van der Waals surface area (Å²) in [7, 11) is 1.66. The van der Waals surface area contributed by atoms with Gasteiger partial charge in [0, 0.05) is 12.7 Å². The van der Waals surface area contributed by atoms with Gasteiger partial charge in [0.25, 0.3) is 0 Å². The topological polar surface area (TPSA) is 20.3 Å². The Labute approximate surface area is 125 Å². The van der Waals surface area contributed by atoms with E-state index in [2.05, 4.69) is 0 Å². The number of amides is 1. The minimum atomic E-state index is -1.65. The Morgan fingerprint density at radius 3 is 2.33 bits per heavy atom. The van der Waals surface area contributed by atoms with E-state index in [1.54, 1.807) is 27.8 Å². The number of aryl methyl sites for hydroxylation is 1. The van der Waals surface area contributed by atoms with Gasteiger partial charge in [-0.25, -0.2) is 0 Å². The van der Waals surface area contributed by atoms with Crippen LogP contribution in [-0.4, -0.2) is 13.0 Å². The Kier molecular flexibility index (Phi) is 3.85. The number of carbonyl (C=O) groups excluding carboxylic acids is 1. The number of halogens is 2. The van der Waals surface area contributed by atoms with Crippen LogP contribution in [0.3, 0.4) is 0 Å². The van der Waals surface area contributed by atoms with Gasteiger partial charge in [-0.3, -0.25) is 4.79 Å². The maximum Gasteiger partial charge on any atom is 0.317 e. The number of hydrogen-bond donors (Lipinski definition) is 0. The summed E-state index contributed by atoms with van der Waals surface area (Å²) in [5.74, 6) is -0.250. The van der Waals surface area contributed by atoms with E-state index >= 15 is 0 Å². The SMILES string of the molecule is CCC(CC)([C](F)F)C1(C)C(=O)N(C)c2ccc(C)cc21. The van der Waals surface area contributed by atoms with Crippen molar-refractivity contribution in [1.82, 2.24) is 0 Å². The highest BCUT2D eigenvalue weighted by atomic mass is 19.3. The molecule has 0 N–H and O–H groups in total. The molecule has 1 heterocycles. The number of likely N-dealkylation sites (N-methyl/N-ethyl adjacent to an activating group) is 1. The first-order valence-electron chi connectivity index (χ1n) is 7.34. The van der Waals surface area contributed by atoms with Crippen molar-refractivity contribution >= 4 is 11.6 Å². The molecular formula is C17H22F2NO. The van der Waals surface area contributed by atoms with E-state index in [-0.39, 0.29) is 18.7 Å². The summed E-state index contributed by atoms with van der Waals surface area (Å²) < 4.78 is 27.8. The van der Waals surface area contributed by atoms with Crippen LogP contribution in [0.15, 0.2) is 18.2 Å². The highest BCUT2D eigenvalue weighted by Gasteiger charge is 2.62. The van der Waals surface area contributed by atoms with Gasteiger partial charge in [-0.2, -0.15) is 8.78 Å². The largest absolute Gasteiger partial charge is 0.317 e. The molecule has 2 nitrogen and oxygen atoms in total. The molecule has 21 heavy (non-hydrogen) atoms. The first kappa shape index (κ1) is 15.9. The lowest BCUT2D eigenvalue weighted by atomic mass is 9.58. The van der Waals surface area contributed by atoms with Gasteiger partial charge in [0.2, 0.25) is 5.91 Å². The molecular weight excluding hydrogens is 272 g/mol. The fraction of sp³-hybridized carbons (Fsp3) is 0.529. The van der Waals surface area contributed by atoms with E-state index in [1.165, 1.54) is 4.90 Å². The molecule has 0 saturated carbocycles. The lowest BCUT2D eigenvalue weighted by molar-refractivity contribution is -0.129. The van der Waals surface area contributed by atoms with Crippen LogP contribution >= 0.6 is 0 Å². The number of nitrogens with zero attached hydrogens (tertiary/aromatic N) is 1. The Bertz CT molecular complexity index is 566. The summed E-state index contributed by atoms with van der Waals surface area (Å²) in [6.45, 7) is 7.05. The van der Waals surface area contributed by atoms with E-state index in [0.717, 1.165) is 11.3 Å². The summed E-state index contributed by atoms with van der Waals surface area (Å²) in [5, 5.41) is 0. The normalized spacial score (nSPS) is 22.1.